The molecule has 0 radical (unpaired) electrons. The van der Waals surface area contributed by atoms with E-state index in [2.05, 4.69) is 218 Å². The van der Waals surface area contributed by atoms with Crippen molar-refractivity contribution in [3.05, 3.63) is 216 Å². The third-order valence-corrected chi connectivity index (χ3v) is 17.7. The quantitative estimate of drug-likeness (QED) is 0.152. The number of furan rings is 2. The van der Waals surface area contributed by atoms with Gasteiger partial charge in [-0.25, -0.2) is 0 Å². The first-order valence-corrected chi connectivity index (χ1v) is 27.7. The molecule has 0 atom stereocenters. The van der Waals surface area contributed by atoms with Gasteiger partial charge in [0.05, 0.1) is 11.4 Å². The van der Waals surface area contributed by atoms with E-state index in [0.717, 1.165) is 56.5 Å². The zero-order chi connectivity index (χ0) is 49.8. The normalized spacial score (nSPS) is 15.9. The van der Waals surface area contributed by atoms with E-state index >= 15 is 0 Å². The molecule has 2 aromatic heterocycles. The van der Waals surface area contributed by atoms with Crippen LogP contribution in [0, 0.1) is 0 Å². The highest BCUT2D eigenvalue weighted by molar-refractivity contribution is 6.13. The summed E-state index contributed by atoms with van der Waals surface area (Å²) in [7, 11) is 0. The Kier molecular flexibility index (Phi) is 10.4. The van der Waals surface area contributed by atoms with E-state index in [-0.39, 0.29) is 5.41 Å². The highest BCUT2D eigenvalue weighted by Crippen LogP contribution is 2.53. The number of rotatable bonds is 8. The van der Waals surface area contributed by atoms with Crippen LogP contribution in [0.15, 0.2) is 203 Å². The van der Waals surface area contributed by atoms with Crippen LogP contribution in [0.1, 0.15) is 112 Å². The number of hydrogen-bond acceptors (Lipinski definition) is 4. The largest absolute Gasteiger partial charge is 0.454 e. The fraction of sp³-hybridized carbons (Fsp3) is 0.211. The molecular formula is C71H60N2O2. The van der Waals surface area contributed by atoms with Crippen LogP contribution in [-0.4, -0.2) is 0 Å². The molecule has 15 rings (SSSR count). The third-order valence-electron chi connectivity index (χ3n) is 17.7. The molecule has 4 heteroatoms. The van der Waals surface area contributed by atoms with E-state index in [1.807, 2.05) is 0 Å². The second-order valence-electron chi connectivity index (χ2n) is 22.5. The molecular weight excluding hydrogens is 913 g/mol. The summed E-state index contributed by atoms with van der Waals surface area (Å²) in [5.41, 5.74) is 18.3. The fourth-order valence-corrected chi connectivity index (χ4v) is 14.0. The summed E-state index contributed by atoms with van der Waals surface area (Å²) < 4.78 is 14.2. The van der Waals surface area contributed by atoms with Crippen LogP contribution in [0.5, 0.6) is 0 Å². The second kappa shape index (κ2) is 17.5. The van der Waals surface area contributed by atoms with Gasteiger partial charge in [-0.15, -0.1) is 0 Å². The summed E-state index contributed by atoms with van der Waals surface area (Å²) in [6.45, 7) is 4.81. The molecule has 4 nitrogen and oxygen atoms in total. The lowest BCUT2D eigenvalue weighted by molar-refractivity contribution is 0.442. The molecule has 0 spiro atoms. The van der Waals surface area contributed by atoms with Crippen molar-refractivity contribution < 1.29 is 8.83 Å². The summed E-state index contributed by atoms with van der Waals surface area (Å²) in [5.74, 6) is 1.09. The first kappa shape index (κ1) is 44.4. The molecule has 75 heavy (non-hydrogen) atoms. The Hall–Kier alpha value is -8.08. The molecule has 2 heterocycles. The van der Waals surface area contributed by atoms with Gasteiger partial charge in [-0.2, -0.15) is 0 Å². The number of anilines is 6. The van der Waals surface area contributed by atoms with Gasteiger partial charge in [-0.3, -0.25) is 0 Å². The van der Waals surface area contributed by atoms with E-state index < -0.39 is 0 Å². The van der Waals surface area contributed by atoms with E-state index in [4.69, 9.17) is 8.83 Å². The Balaban J connectivity index is 0.825. The monoisotopic (exact) mass is 972 g/mol. The van der Waals surface area contributed by atoms with E-state index in [9.17, 15) is 0 Å². The second-order valence-corrected chi connectivity index (χ2v) is 22.5. The Morgan fingerprint density at radius 3 is 1.17 bits per heavy atom. The lowest BCUT2D eigenvalue weighted by atomic mass is 9.81. The summed E-state index contributed by atoms with van der Waals surface area (Å²) in [5, 5.41) is 9.65. The van der Waals surface area contributed by atoms with Gasteiger partial charge in [0.15, 0.2) is 11.2 Å². The van der Waals surface area contributed by atoms with Crippen LogP contribution >= 0.6 is 0 Å². The maximum Gasteiger partial charge on any atom is 0.159 e. The molecule has 12 aromatic rings. The van der Waals surface area contributed by atoms with Crippen molar-refractivity contribution in [2.75, 3.05) is 9.80 Å². The van der Waals surface area contributed by atoms with Gasteiger partial charge in [0.1, 0.15) is 11.2 Å². The Bertz CT molecular complexity index is 3920. The Labute approximate surface area is 438 Å². The van der Waals surface area contributed by atoms with Crippen molar-refractivity contribution in [2.24, 2.45) is 0 Å². The van der Waals surface area contributed by atoms with Crippen molar-refractivity contribution in [2.45, 2.75) is 95.3 Å². The Morgan fingerprint density at radius 2 is 0.747 bits per heavy atom. The summed E-state index contributed by atoms with van der Waals surface area (Å²) >= 11 is 0. The number of fused-ring (bicyclic) bond motifs is 11. The minimum absolute atomic E-state index is 0.233. The number of para-hydroxylation sites is 6. The number of benzene rings is 10. The molecule has 2 fully saturated rings. The standard InChI is InChI=1S/C71H60N2O2/c1-71(2)63-43-49-39-53(72(51-23-11-5-12-24-51)65-33-17-31-59-57-29-15-27-55(67(57)74-69(59)65)45-19-7-3-8-20-45)37-35-47(49)41-61(63)62-42-48-36-38-54(40-50(48)44-64(62)71)73(52-25-13-6-14-26-52)66-34-18-32-60-58-30-16-28-56(68(58)75-70(60)66)46-21-9-4-10-22-46/h5-6,11-18,23-46H,3-4,7-10,19-22H2,1-2H3. The molecule has 0 aliphatic heterocycles. The van der Waals surface area contributed by atoms with E-state index in [1.165, 1.54) is 141 Å². The van der Waals surface area contributed by atoms with Crippen LogP contribution in [0.3, 0.4) is 0 Å². The van der Waals surface area contributed by atoms with Gasteiger partial charge in [0, 0.05) is 49.7 Å². The van der Waals surface area contributed by atoms with Crippen LogP contribution in [0.4, 0.5) is 34.1 Å². The minimum Gasteiger partial charge on any atom is -0.454 e. The van der Waals surface area contributed by atoms with Crippen molar-refractivity contribution in [1.29, 1.82) is 0 Å². The van der Waals surface area contributed by atoms with Crippen LogP contribution in [0.25, 0.3) is 76.5 Å². The van der Waals surface area contributed by atoms with Crippen LogP contribution in [-0.2, 0) is 5.41 Å². The molecule has 3 aliphatic rings. The van der Waals surface area contributed by atoms with Crippen molar-refractivity contribution >= 4 is 99.5 Å². The van der Waals surface area contributed by atoms with Gasteiger partial charge in [-0.1, -0.05) is 162 Å². The predicted molar refractivity (Wildman–Crippen MR) is 315 cm³/mol. The lowest BCUT2D eigenvalue weighted by Crippen LogP contribution is -2.15. The molecule has 366 valence electrons. The lowest BCUT2D eigenvalue weighted by Gasteiger charge is -2.26. The fourth-order valence-electron chi connectivity index (χ4n) is 14.0. The first-order chi connectivity index (χ1) is 36.9. The number of hydrogen-bond donors (Lipinski definition) is 0. The molecule has 0 N–H and O–H groups in total. The summed E-state index contributed by atoms with van der Waals surface area (Å²) in [4.78, 5) is 4.79. The minimum atomic E-state index is -0.233. The summed E-state index contributed by atoms with van der Waals surface area (Å²) in [6.07, 6.45) is 12.8. The topological polar surface area (TPSA) is 32.8 Å². The molecule has 10 aromatic carbocycles. The van der Waals surface area contributed by atoms with Crippen LogP contribution < -0.4 is 9.80 Å². The SMILES string of the molecule is CC1(C)c2cc3cc(N(c4ccccc4)c4cccc5c4oc4c(C6CCCCC6)cccc45)ccc3cc2-c2cc3ccc(N(c4ccccc4)c4cccc5c4oc4c(C6CCCCC6)cccc45)cc3cc21. The molecule has 0 saturated heterocycles. The summed E-state index contributed by atoms with van der Waals surface area (Å²) in [6, 6.07) is 72.3. The van der Waals surface area contributed by atoms with Gasteiger partial charge in [0.25, 0.3) is 0 Å². The maximum absolute atomic E-state index is 7.10. The van der Waals surface area contributed by atoms with Crippen molar-refractivity contribution in [1.82, 2.24) is 0 Å². The smallest absolute Gasteiger partial charge is 0.159 e. The average Bonchev–Trinajstić information content (AvgIpc) is 4.13. The third kappa shape index (κ3) is 7.16. The zero-order valence-corrected chi connectivity index (χ0v) is 42.9. The van der Waals surface area contributed by atoms with Gasteiger partial charge >= 0.3 is 0 Å². The average molecular weight is 973 g/mol. The van der Waals surface area contributed by atoms with E-state index in [1.54, 1.807) is 0 Å². The van der Waals surface area contributed by atoms with Crippen molar-refractivity contribution in [3.8, 4) is 11.1 Å². The molecule has 0 unspecified atom stereocenters. The van der Waals surface area contributed by atoms with Crippen LogP contribution in [0.2, 0.25) is 0 Å². The molecule has 2 saturated carbocycles. The zero-order valence-electron chi connectivity index (χ0n) is 42.9. The van der Waals surface area contributed by atoms with E-state index in [0.29, 0.717) is 11.8 Å². The van der Waals surface area contributed by atoms with Gasteiger partial charge in [-0.05, 0) is 177 Å². The van der Waals surface area contributed by atoms with Gasteiger partial charge < -0.3 is 18.6 Å². The first-order valence-electron chi connectivity index (χ1n) is 27.7. The molecule has 0 bridgehead atoms. The molecule has 0 amide bonds. The predicted octanol–water partition coefficient (Wildman–Crippen LogP) is 21.1. The number of nitrogens with zero attached hydrogens (tertiary/aromatic N) is 2. The highest BCUT2D eigenvalue weighted by Gasteiger charge is 2.37. The van der Waals surface area contributed by atoms with Crippen molar-refractivity contribution in [3.63, 3.8) is 0 Å². The van der Waals surface area contributed by atoms with Gasteiger partial charge in [0.2, 0.25) is 0 Å². The highest BCUT2D eigenvalue weighted by atomic mass is 16.3. The molecule has 3 aliphatic carbocycles. The Morgan fingerprint density at radius 1 is 0.347 bits per heavy atom. The maximum atomic E-state index is 7.10.